The van der Waals surface area contributed by atoms with Crippen LogP contribution >= 0.6 is 23.1 Å². The van der Waals surface area contributed by atoms with E-state index in [1.165, 1.54) is 11.5 Å². The van der Waals surface area contributed by atoms with Gasteiger partial charge in [-0.05, 0) is 0 Å². The lowest BCUT2D eigenvalue weighted by Crippen LogP contribution is -2.56. The van der Waals surface area contributed by atoms with E-state index in [0.29, 0.717) is 17.4 Å². The Hall–Kier alpha value is -0.760. The minimum atomic E-state index is -0.175. The second-order valence-electron chi connectivity index (χ2n) is 3.80. The van der Waals surface area contributed by atoms with Gasteiger partial charge in [-0.3, -0.25) is 9.69 Å². The molecule has 0 spiro atoms. The first-order valence-corrected chi connectivity index (χ1v) is 6.50. The molecule has 2 heterocycles. The Morgan fingerprint density at radius 1 is 1.76 bits per heavy atom. The van der Waals surface area contributed by atoms with E-state index in [-0.39, 0.29) is 11.9 Å². The Bertz CT molecular complexity index is 398. The maximum absolute atomic E-state index is 11.7. The maximum Gasteiger partial charge on any atom is 0.238 e. The van der Waals surface area contributed by atoms with Crippen LogP contribution in [0.2, 0.25) is 4.34 Å². The summed E-state index contributed by atoms with van der Waals surface area (Å²) in [4.78, 5) is 13.8. The van der Waals surface area contributed by atoms with E-state index in [2.05, 4.69) is 25.1 Å². The molecule has 1 aliphatic rings. The highest BCUT2D eigenvalue weighted by Gasteiger charge is 2.28. The Morgan fingerprint density at radius 3 is 3.24 bits per heavy atom. The third kappa shape index (κ3) is 2.92. The molecule has 94 valence electrons. The highest BCUT2D eigenvalue weighted by Crippen LogP contribution is 2.20. The van der Waals surface area contributed by atoms with E-state index < -0.39 is 0 Å². The van der Waals surface area contributed by atoms with Crippen LogP contribution in [0.3, 0.4) is 0 Å². The van der Waals surface area contributed by atoms with Crippen LogP contribution in [0, 0.1) is 0 Å². The van der Waals surface area contributed by atoms with Gasteiger partial charge in [0.2, 0.25) is 5.91 Å². The normalized spacial score (nSPS) is 21.4. The monoisotopic (exact) mass is 275 g/mol. The number of likely N-dealkylation sites (N-methyl/N-ethyl adjacent to an activating group) is 1. The van der Waals surface area contributed by atoms with E-state index >= 15 is 0 Å². The van der Waals surface area contributed by atoms with E-state index in [1.54, 1.807) is 7.05 Å². The van der Waals surface area contributed by atoms with Crippen LogP contribution in [0.5, 0.6) is 0 Å². The number of piperazine rings is 1. The van der Waals surface area contributed by atoms with Crippen LogP contribution < -0.4 is 10.6 Å². The quantitative estimate of drug-likeness (QED) is 0.793. The van der Waals surface area contributed by atoms with Gasteiger partial charge in [0, 0.05) is 44.8 Å². The van der Waals surface area contributed by atoms with Crippen molar-refractivity contribution in [3.05, 3.63) is 10.0 Å². The van der Waals surface area contributed by atoms with Crippen molar-refractivity contribution >= 4 is 29.0 Å². The molecule has 1 aliphatic heterocycles. The van der Waals surface area contributed by atoms with Gasteiger partial charge in [-0.25, -0.2) is 0 Å². The van der Waals surface area contributed by atoms with Crippen molar-refractivity contribution in [2.24, 2.45) is 0 Å². The van der Waals surface area contributed by atoms with Crippen molar-refractivity contribution in [1.82, 2.24) is 25.1 Å². The lowest BCUT2D eigenvalue weighted by Gasteiger charge is -2.34. The summed E-state index contributed by atoms with van der Waals surface area (Å²) in [6.45, 7) is 2.87. The fourth-order valence-corrected chi connectivity index (χ4v) is 2.46. The summed E-state index contributed by atoms with van der Waals surface area (Å²) in [7, 11) is 1.65. The molecule has 6 nitrogen and oxygen atoms in total. The average molecular weight is 276 g/mol. The summed E-state index contributed by atoms with van der Waals surface area (Å²) in [6, 6.07) is -0.175. The van der Waals surface area contributed by atoms with Crippen LogP contribution in [0.15, 0.2) is 0 Å². The summed E-state index contributed by atoms with van der Waals surface area (Å²) >= 11 is 7.14. The van der Waals surface area contributed by atoms with E-state index in [4.69, 9.17) is 11.6 Å². The minimum Gasteiger partial charge on any atom is -0.358 e. The number of rotatable bonds is 3. The fraction of sp³-hybridized carbons (Fsp3) is 0.667. The molecule has 1 aromatic heterocycles. The van der Waals surface area contributed by atoms with Crippen LogP contribution in [-0.2, 0) is 11.3 Å². The van der Waals surface area contributed by atoms with E-state index in [9.17, 15) is 4.79 Å². The predicted octanol–water partition coefficient (Wildman–Crippen LogP) is -0.289. The standard InChI is InChI=1S/C9H14ClN5OS/c1-11-9(16)7-4-12-2-3-15(7)5-6-8(10)17-14-13-6/h7,12H,2-5H2,1H3,(H,11,16). The first-order valence-electron chi connectivity index (χ1n) is 5.35. The van der Waals surface area contributed by atoms with Crippen molar-refractivity contribution in [3.8, 4) is 0 Å². The number of hydrogen-bond acceptors (Lipinski definition) is 6. The summed E-state index contributed by atoms with van der Waals surface area (Å²) in [6.07, 6.45) is 0. The molecular weight excluding hydrogens is 262 g/mol. The Labute approximate surface area is 108 Å². The topological polar surface area (TPSA) is 70.2 Å². The van der Waals surface area contributed by atoms with Crippen LogP contribution in [-0.4, -0.2) is 53.1 Å². The van der Waals surface area contributed by atoms with Gasteiger partial charge < -0.3 is 10.6 Å². The number of hydrogen-bond donors (Lipinski definition) is 2. The molecule has 1 aromatic rings. The van der Waals surface area contributed by atoms with Crippen LogP contribution in [0.4, 0.5) is 0 Å². The molecule has 1 unspecified atom stereocenters. The second kappa shape index (κ2) is 5.72. The number of nitrogens with zero attached hydrogens (tertiary/aromatic N) is 3. The summed E-state index contributed by atoms with van der Waals surface area (Å²) in [5, 5.41) is 9.85. The van der Waals surface area contributed by atoms with Crippen molar-refractivity contribution < 1.29 is 4.79 Å². The summed E-state index contributed by atoms with van der Waals surface area (Å²) in [5.74, 6) is 0.0107. The van der Waals surface area contributed by atoms with E-state index in [0.717, 1.165) is 18.8 Å². The zero-order valence-corrected chi connectivity index (χ0v) is 11.0. The van der Waals surface area contributed by atoms with Gasteiger partial charge in [-0.2, -0.15) is 0 Å². The molecule has 1 fully saturated rings. The van der Waals surface area contributed by atoms with Crippen molar-refractivity contribution in [1.29, 1.82) is 0 Å². The molecule has 0 bridgehead atoms. The molecular formula is C9H14ClN5OS. The van der Waals surface area contributed by atoms with Crippen molar-refractivity contribution in [2.75, 3.05) is 26.7 Å². The molecule has 0 saturated carbocycles. The molecule has 0 aromatic carbocycles. The molecule has 8 heteroatoms. The number of carbonyl (C=O) groups excluding carboxylic acids is 1. The van der Waals surface area contributed by atoms with E-state index in [1.807, 2.05) is 0 Å². The Balaban J connectivity index is 2.06. The zero-order valence-electron chi connectivity index (χ0n) is 9.44. The van der Waals surface area contributed by atoms with Crippen molar-refractivity contribution in [3.63, 3.8) is 0 Å². The third-order valence-electron chi connectivity index (χ3n) is 2.77. The maximum atomic E-state index is 11.7. The number of carbonyl (C=O) groups is 1. The summed E-state index contributed by atoms with van der Waals surface area (Å²) < 4.78 is 4.39. The molecule has 2 rings (SSSR count). The molecule has 17 heavy (non-hydrogen) atoms. The van der Waals surface area contributed by atoms with Gasteiger partial charge in [0.05, 0.1) is 0 Å². The SMILES string of the molecule is CNC(=O)C1CNCCN1Cc1nnsc1Cl. The number of nitrogens with one attached hydrogen (secondary N) is 2. The van der Waals surface area contributed by atoms with Crippen LogP contribution in [0.1, 0.15) is 5.69 Å². The Kier molecular flexibility index (Phi) is 4.27. The molecule has 1 atom stereocenters. The average Bonchev–Trinajstić information content (AvgIpc) is 2.75. The minimum absolute atomic E-state index is 0.0107. The van der Waals surface area contributed by atoms with Gasteiger partial charge >= 0.3 is 0 Å². The number of aromatic nitrogens is 2. The Morgan fingerprint density at radius 2 is 2.59 bits per heavy atom. The highest BCUT2D eigenvalue weighted by atomic mass is 35.5. The number of amides is 1. The lowest BCUT2D eigenvalue weighted by molar-refractivity contribution is -0.126. The first kappa shape index (κ1) is 12.7. The smallest absolute Gasteiger partial charge is 0.238 e. The molecule has 1 saturated heterocycles. The van der Waals surface area contributed by atoms with Crippen LogP contribution in [0.25, 0.3) is 0 Å². The third-order valence-corrected chi connectivity index (χ3v) is 3.75. The predicted molar refractivity (Wildman–Crippen MR) is 66.1 cm³/mol. The van der Waals surface area contributed by atoms with Gasteiger partial charge in [0.25, 0.3) is 0 Å². The lowest BCUT2D eigenvalue weighted by atomic mass is 10.1. The van der Waals surface area contributed by atoms with Gasteiger partial charge in [-0.1, -0.05) is 16.1 Å². The van der Waals surface area contributed by atoms with Gasteiger partial charge in [-0.15, -0.1) is 5.10 Å². The zero-order chi connectivity index (χ0) is 12.3. The van der Waals surface area contributed by atoms with Gasteiger partial charge in [0.15, 0.2) is 0 Å². The first-order chi connectivity index (χ1) is 8.22. The molecule has 0 radical (unpaired) electrons. The molecule has 1 amide bonds. The largest absolute Gasteiger partial charge is 0.358 e. The second-order valence-corrected chi connectivity index (χ2v) is 5.15. The van der Waals surface area contributed by atoms with Gasteiger partial charge in [0.1, 0.15) is 16.1 Å². The van der Waals surface area contributed by atoms with Crippen molar-refractivity contribution in [2.45, 2.75) is 12.6 Å². The molecule has 2 N–H and O–H groups in total. The highest BCUT2D eigenvalue weighted by molar-refractivity contribution is 7.10. The summed E-state index contributed by atoms with van der Waals surface area (Å²) in [5.41, 5.74) is 0.743. The fourth-order valence-electron chi connectivity index (χ4n) is 1.84. The molecule has 0 aliphatic carbocycles. The number of halogens is 1.